The zero-order chi connectivity index (χ0) is 12.7. The van der Waals surface area contributed by atoms with Gasteiger partial charge >= 0.3 is 0 Å². The summed E-state index contributed by atoms with van der Waals surface area (Å²) in [6.45, 7) is 4.38. The number of hydrogen-bond donors (Lipinski definition) is 1. The highest BCUT2D eigenvalue weighted by molar-refractivity contribution is 5.37. The Morgan fingerprint density at radius 3 is 2.65 bits per heavy atom. The van der Waals surface area contributed by atoms with Crippen LogP contribution in [0.15, 0.2) is 18.2 Å². The molecule has 0 fully saturated rings. The fourth-order valence-corrected chi connectivity index (χ4v) is 1.86. The summed E-state index contributed by atoms with van der Waals surface area (Å²) in [5, 5.41) is 0. The minimum absolute atomic E-state index is 0.711. The van der Waals surface area contributed by atoms with Gasteiger partial charge in [0.05, 0.1) is 6.61 Å². The maximum atomic E-state index is 5.65. The van der Waals surface area contributed by atoms with Gasteiger partial charge in [0.1, 0.15) is 5.75 Å². The molecule has 0 aromatic heterocycles. The summed E-state index contributed by atoms with van der Waals surface area (Å²) in [5.74, 6) is 0.998. The molecular weight excluding hydrogens is 212 g/mol. The summed E-state index contributed by atoms with van der Waals surface area (Å²) in [7, 11) is 4.14. The smallest absolute Gasteiger partial charge is 0.123 e. The van der Waals surface area contributed by atoms with Crippen molar-refractivity contribution in [2.24, 2.45) is 5.73 Å². The average Bonchev–Trinajstić information content (AvgIpc) is 2.29. The molecule has 2 N–H and O–H groups in total. The van der Waals surface area contributed by atoms with E-state index in [0.717, 1.165) is 31.7 Å². The van der Waals surface area contributed by atoms with E-state index in [1.807, 2.05) is 6.92 Å². The van der Waals surface area contributed by atoms with Crippen LogP contribution in [0, 0.1) is 0 Å². The van der Waals surface area contributed by atoms with Gasteiger partial charge in [0.25, 0.3) is 0 Å². The van der Waals surface area contributed by atoms with E-state index >= 15 is 0 Å². The summed E-state index contributed by atoms with van der Waals surface area (Å²) in [6.07, 6.45) is 2.08. The first kappa shape index (κ1) is 14.0. The molecule has 0 aliphatic heterocycles. The van der Waals surface area contributed by atoms with Gasteiger partial charge in [-0.1, -0.05) is 12.1 Å². The standard InChI is InChI=1S/C14H24N2O/c1-4-17-14-8-7-12(6-5-9-15)10-13(14)11-16(2)3/h7-8,10H,4-6,9,11,15H2,1-3H3. The van der Waals surface area contributed by atoms with Crippen molar-refractivity contribution in [1.29, 1.82) is 0 Å². The fourth-order valence-electron chi connectivity index (χ4n) is 1.86. The van der Waals surface area contributed by atoms with Crippen molar-refractivity contribution in [1.82, 2.24) is 4.90 Å². The molecule has 1 aromatic carbocycles. The van der Waals surface area contributed by atoms with Gasteiger partial charge in [-0.2, -0.15) is 0 Å². The van der Waals surface area contributed by atoms with Crippen LogP contribution in [0.1, 0.15) is 24.5 Å². The Balaban J connectivity index is 2.84. The predicted molar refractivity (Wildman–Crippen MR) is 72.4 cm³/mol. The maximum absolute atomic E-state index is 5.65. The lowest BCUT2D eigenvalue weighted by molar-refractivity contribution is 0.325. The van der Waals surface area contributed by atoms with Crippen molar-refractivity contribution in [3.8, 4) is 5.75 Å². The second kappa shape index (κ2) is 7.30. The average molecular weight is 236 g/mol. The van der Waals surface area contributed by atoms with Gasteiger partial charge in [-0.25, -0.2) is 0 Å². The fraction of sp³-hybridized carbons (Fsp3) is 0.571. The van der Waals surface area contributed by atoms with E-state index in [-0.39, 0.29) is 0 Å². The number of hydrogen-bond acceptors (Lipinski definition) is 3. The number of rotatable bonds is 7. The lowest BCUT2D eigenvalue weighted by Gasteiger charge is -2.15. The van der Waals surface area contributed by atoms with Crippen molar-refractivity contribution in [3.63, 3.8) is 0 Å². The first-order valence-electron chi connectivity index (χ1n) is 6.26. The Morgan fingerprint density at radius 2 is 2.06 bits per heavy atom. The molecule has 0 radical (unpaired) electrons. The zero-order valence-electron chi connectivity index (χ0n) is 11.2. The number of nitrogens with zero attached hydrogens (tertiary/aromatic N) is 1. The molecule has 0 aliphatic rings. The van der Waals surface area contributed by atoms with E-state index in [2.05, 4.69) is 37.2 Å². The van der Waals surface area contributed by atoms with E-state index in [4.69, 9.17) is 10.5 Å². The molecule has 1 rings (SSSR count). The van der Waals surface area contributed by atoms with Crippen LogP contribution in [0.2, 0.25) is 0 Å². The Kier molecular flexibility index (Phi) is 6.01. The van der Waals surface area contributed by atoms with Crippen LogP contribution >= 0.6 is 0 Å². The van der Waals surface area contributed by atoms with Crippen LogP contribution in [0.25, 0.3) is 0 Å². The Bertz CT molecular complexity index is 337. The first-order valence-corrected chi connectivity index (χ1v) is 6.26. The molecule has 96 valence electrons. The Morgan fingerprint density at radius 1 is 1.29 bits per heavy atom. The minimum atomic E-state index is 0.711. The van der Waals surface area contributed by atoms with Crippen molar-refractivity contribution in [2.45, 2.75) is 26.3 Å². The first-order chi connectivity index (χ1) is 8.17. The highest BCUT2D eigenvalue weighted by Crippen LogP contribution is 2.22. The monoisotopic (exact) mass is 236 g/mol. The van der Waals surface area contributed by atoms with E-state index in [1.54, 1.807) is 0 Å². The molecule has 0 spiro atoms. The number of ether oxygens (including phenoxy) is 1. The number of benzene rings is 1. The van der Waals surface area contributed by atoms with E-state index in [0.29, 0.717) is 6.61 Å². The molecule has 0 saturated heterocycles. The van der Waals surface area contributed by atoms with E-state index in [9.17, 15) is 0 Å². The SMILES string of the molecule is CCOc1ccc(CCCN)cc1CN(C)C. The summed E-state index contributed by atoms with van der Waals surface area (Å²) in [6, 6.07) is 6.45. The highest BCUT2D eigenvalue weighted by Gasteiger charge is 2.06. The molecule has 3 heteroatoms. The molecule has 3 nitrogen and oxygen atoms in total. The Hall–Kier alpha value is -1.06. The lowest BCUT2D eigenvalue weighted by Crippen LogP contribution is -2.12. The maximum Gasteiger partial charge on any atom is 0.123 e. The van der Waals surface area contributed by atoms with E-state index < -0.39 is 0 Å². The normalized spacial score (nSPS) is 10.9. The van der Waals surface area contributed by atoms with Gasteiger partial charge in [0, 0.05) is 12.1 Å². The predicted octanol–water partition coefficient (Wildman–Crippen LogP) is 2.04. The molecule has 0 aliphatic carbocycles. The third-order valence-electron chi connectivity index (χ3n) is 2.58. The van der Waals surface area contributed by atoms with Gasteiger partial charge < -0.3 is 15.4 Å². The topological polar surface area (TPSA) is 38.5 Å². The van der Waals surface area contributed by atoms with Crippen LogP contribution < -0.4 is 10.5 Å². The van der Waals surface area contributed by atoms with Gasteiger partial charge in [-0.05, 0) is 52.0 Å². The van der Waals surface area contributed by atoms with E-state index in [1.165, 1.54) is 11.1 Å². The highest BCUT2D eigenvalue weighted by atomic mass is 16.5. The largest absolute Gasteiger partial charge is 0.494 e. The van der Waals surface area contributed by atoms with Gasteiger partial charge in [-0.3, -0.25) is 0 Å². The molecule has 17 heavy (non-hydrogen) atoms. The summed E-state index contributed by atoms with van der Waals surface area (Å²) in [4.78, 5) is 2.16. The van der Waals surface area contributed by atoms with Crippen LogP contribution in [0.3, 0.4) is 0 Å². The molecule has 0 bridgehead atoms. The Labute approximate surface area is 105 Å². The zero-order valence-corrected chi connectivity index (χ0v) is 11.2. The van der Waals surface area contributed by atoms with Crippen LogP contribution in [-0.4, -0.2) is 32.1 Å². The van der Waals surface area contributed by atoms with Crippen molar-refractivity contribution in [3.05, 3.63) is 29.3 Å². The third-order valence-corrected chi connectivity index (χ3v) is 2.58. The number of aryl methyl sites for hydroxylation is 1. The molecule has 0 saturated carbocycles. The van der Waals surface area contributed by atoms with Crippen molar-refractivity contribution in [2.75, 3.05) is 27.2 Å². The lowest BCUT2D eigenvalue weighted by atomic mass is 10.1. The third kappa shape index (κ3) is 4.75. The molecule has 0 atom stereocenters. The van der Waals surface area contributed by atoms with Gasteiger partial charge in [0.15, 0.2) is 0 Å². The minimum Gasteiger partial charge on any atom is -0.494 e. The molecule has 0 amide bonds. The van der Waals surface area contributed by atoms with Gasteiger partial charge in [0.2, 0.25) is 0 Å². The quantitative estimate of drug-likeness (QED) is 0.787. The molecule has 0 unspecified atom stereocenters. The van der Waals surface area contributed by atoms with Crippen LogP contribution in [-0.2, 0) is 13.0 Å². The van der Waals surface area contributed by atoms with Gasteiger partial charge in [-0.15, -0.1) is 0 Å². The van der Waals surface area contributed by atoms with Crippen LogP contribution in [0.5, 0.6) is 5.75 Å². The molecule has 1 aromatic rings. The summed E-state index contributed by atoms with van der Waals surface area (Å²) in [5.41, 5.74) is 8.14. The van der Waals surface area contributed by atoms with Crippen molar-refractivity contribution < 1.29 is 4.74 Å². The molecular formula is C14H24N2O. The number of nitrogens with two attached hydrogens (primary N) is 1. The summed E-state index contributed by atoms with van der Waals surface area (Å²) < 4.78 is 5.65. The molecule has 0 heterocycles. The summed E-state index contributed by atoms with van der Waals surface area (Å²) >= 11 is 0. The van der Waals surface area contributed by atoms with Crippen LogP contribution in [0.4, 0.5) is 0 Å². The second-order valence-corrected chi connectivity index (χ2v) is 4.51. The van der Waals surface area contributed by atoms with Crippen molar-refractivity contribution >= 4 is 0 Å². The second-order valence-electron chi connectivity index (χ2n) is 4.51.